The summed E-state index contributed by atoms with van der Waals surface area (Å²) in [4.78, 5) is 36.0. The number of amides is 2. The smallest absolute Gasteiger partial charge is 0.332 e. The Labute approximate surface area is 76.8 Å². The number of aromatic nitrogens is 2. The molecule has 0 aliphatic rings. The average Bonchev–Trinajstić information content (AvgIpc) is 2.08. The van der Waals surface area contributed by atoms with Crippen LogP contribution in [0.15, 0.2) is 20.9 Å². The van der Waals surface area contributed by atoms with Crippen molar-refractivity contribution in [3.8, 4) is 0 Å². The van der Waals surface area contributed by atoms with E-state index in [1.165, 1.54) is 0 Å². The molecule has 5 N–H and O–H groups in total. The fraction of sp³-hybridized carbons (Fsp3) is 0. The van der Waals surface area contributed by atoms with Crippen molar-refractivity contribution in [2.75, 3.05) is 0 Å². The Morgan fingerprint density at radius 2 is 2.29 bits per heavy atom. The third-order valence-corrected chi connectivity index (χ3v) is 1.23. The third kappa shape index (κ3) is 2.59. The molecule has 0 unspecified atom stereocenters. The number of primary amides is 1. The number of aromatic amines is 2. The minimum Gasteiger partial charge on any atom is -0.350 e. The number of carbonyl (C=O) groups is 1. The van der Waals surface area contributed by atoms with Crippen molar-refractivity contribution in [1.82, 2.24) is 15.4 Å². The van der Waals surface area contributed by atoms with E-state index in [2.05, 4.69) is 10.1 Å². The molecule has 0 aliphatic heterocycles. The lowest BCUT2D eigenvalue weighted by Gasteiger charge is -1.91. The number of rotatable bonds is 2. The van der Waals surface area contributed by atoms with E-state index < -0.39 is 17.3 Å². The van der Waals surface area contributed by atoms with Crippen LogP contribution in [0.25, 0.3) is 0 Å². The highest BCUT2D eigenvalue weighted by molar-refractivity contribution is 5.80. The second kappa shape index (κ2) is 4.03. The first kappa shape index (κ1) is 9.71. The normalized spacial score (nSPS) is 10.3. The van der Waals surface area contributed by atoms with Gasteiger partial charge in [0.05, 0.1) is 11.8 Å². The van der Waals surface area contributed by atoms with Crippen molar-refractivity contribution in [2.24, 2.45) is 10.8 Å². The Balaban J connectivity index is 2.88. The van der Waals surface area contributed by atoms with E-state index in [0.717, 1.165) is 12.4 Å². The summed E-state index contributed by atoms with van der Waals surface area (Å²) in [5.41, 5.74) is 5.48. The van der Waals surface area contributed by atoms with Crippen molar-refractivity contribution in [3.05, 3.63) is 32.6 Å². The predicted molar refractivity (Wildman–Crippen MR) is 48.0 cm³/mol. The first-order valence-corrected chi connectivity index (χ1v) is 3.50. The first-order valence-electron chi connectivity index (χ1n) is 3.50. The van der Waals surface area contributed by atoms with Gasteiger partial charge in [0.2, 0.25) is 0 Å². The third-order valence-electron chi connectivity index (χ3n) is 1.23. The van der Waals surface area contributed by atoms with E-state index in [-0.39, 0.29) is 5.56 Å². The molecule has 0 saturated heterocycles. The van der Waals surface area contributed by atoms with Crippen LogP contribution in [0.2, 0.25) is 0 Å². The predicted octanol–water partition coefficient (Wildman–Crippen LogP) is -1.93. The summed E-state index contributed by atoms with van der Waals surface area (Å²) in [6, 6.07) is -0.845. The highest BCUT2D eigenvalue weighted by Crippen LogP contribution is 1.76. The number of hydrogen-bond donors (Lipinski definition) is 4. The number of hydrazone groups is 1. The van der Waals surface area contributed by atoms with Gasteiger partial charge in [0.15, 0.2) is 0 Å². The van der Waals surface area contributed by atoms with Crippen LogP contribution in [0.1, 0.15) is 5.56 Å². The van der Waals surface area contributed by atoms with Gasteiger partial charge in [0, 0.05) is 6.20 Å². The Bertz CT molecular complexity index is 471. The monoisotopic (exact) mass is 197 g/mol. The second-order valence-electron chi connectivity index (χ2n) is 2.26. The standard InChI is InChI=1S/C6H7N5O3/c7-5(13)11-9-2-3-1-8-6(14)10-4(3)12/h1-2H,(H3,7,11,13)(H2,8,10,12,14). The fourth-order valence-corrected chi connectivity index (χ4v) is 0.682. The highest BCUT2D eigenvalue weighted by atomic mass is 16.2. The number of urea groups is 1. The molecule has 74 valence electrons. The molecule has 1 heterocycles. The first-order chi connectivity index (χ1) is 6.59. The highest BCUT2D eigenvalue weighted by Gasteiger charge is 1.95. The molecule has 0 fully saturated rings. The van der Waals surface area contributed by atoms with Gasteiger partial charge in [-0.15, -0.1) is 0 Å². The van der Waals surface area contributed by atoms with Gasteiger partial charge in [-0.1, -0.05) is 0 Å². The fourth-order valence-electron chi connectivity index (χ4n) is 0.682. The van der Waals surface area contributed by atoms with E-state index in [4.69, 9.17) is 5.73 Å². The van der Waals surface area contributed by atoms with Crippen molar-refractivity contribution >= 4 is 12.2 Å². The summed E-state index contributed by atoms with van der Waals surface area (Å²) in [7, 11) is 0. The molecule has 1 aromatic heterocycles. The van der Waals surface area contributed by atoms with Gasteiger partial charge in [-0.05, 0) is 0 Å². The molecule has 0 bridgehead atoms. The van der Waals surface area contributed by atoms with Crippen LogP contribution in [0.3, 0.4) is 0 Å². The Hall–Kier alpha value is -2.38. The van der Waals surface area contributed by atoms with E-state index in [9.17, 15) is 14.4 Å². The molecular weight excluding hydrogens is 190 g/mol. The minimum absolute atomic E-state index is 0.0957. The number of nitrogens with zero attached hydrogens (tertiary/aromatic N) is 1. The molecule has 0 spiro atoms. The zero-order valence-corrected chi connectivity index (χ0v) is 6.90. The molecule has 0 radical (unpaired) electrons. The maximum Gasteiger partial charge on any atom is 0.332 e. The van der Waals surface area contributed by atoms with Crippen LogP contribution < -0.4 is 22.4 Å². The van der Waals surface area contributed by atoms with Gasteiger partial charge in [-0.3, -0.25) is 9.78 Å². The maximum absolute atomic E-state index is 11.0. The lowest BCUT2D eigenvalue weighted by molar-refractivity contribution is 0.249. The van der Waals surface area contributed by atoms with Crippen LogP contribution in [0.4, 0.5) is 4.79 Å². The van der Waals surface area contributed by atoms with E-state index >= 15 is 0 Å². The van der Waals surface area contributed by atoms with Crippen molar-refractivity contribution in [1.29, 1.82) is 0 Å². The van der Waals surface area contributed by atoms with Gasteiger partial charge in [-0.2, -0.15) is 5.10 Å². The Kier molecular flexibility index (Phi) is 2.79. The van der Waals surface area contributed by atoms with Crippen LogP contribution in [0, 0.1) is 0 Å². The van der Waals surface area contributed by atoms with Crippen LogP contribution >= 0.6 is 0 Å². The number of carbonyl (C=O) groups excluding carboxylic acids is 1. The molecule has 8 heteroatoms. The number of nitrogens with two attached hydrogens (primary N) is 1. The second-order valence-corrected chi connectivity index (χ2v) is 2.26. The zero-order valence-electron chi connectivity index (χ0n) is 6.90. The van der Waals surface area contributed by atoms with Crippen molar-refractivity contribution < 1.29 is 4.79 Å². The Morgan fingerprint density at radius 3 is 2.86 bits per heavy atom. The summed E-state index contributed by atoms with van der Waals surface area (Å²) in [5, 5.41) is 3.34. The number of nitrogens with one attached hydrogen (secondary N) is 3. The minimum atomic E-state index is -0.845. The number of H-pyrrole nitrogens is 2. The SMILES string of the molecule is NC(=O)NN=Cc1c[nH]c(=O)[nH]c1=O. The molecule has 0 aromatic carbocycles. The summed E-state index contributed by atoms with van der Waals surface area (Å²) in [6.45, 7) is 0. The van der Waals surface area contributed by atoms with Gasteiger partial charge < -0.3 is 10.7 Å². The zero-order chi connectivity index (χ0) is 10.6. The van der Waals surface area contributed by atoms with Gasteiger partial charge in [0.25, 0.3) is 5.56 Å². The van der Waals surface area contributed by atoms with Crippen LogP contribution in [-0.2, 0) is 0 Å². The molecule has 1 aromatic rings. The van der Waals surface area contributed by atoms with E-state index in [1.807, 2.05) is 10.4 Å². The largest absolute Gasteiger partial charge is 0.350 e. The van der Waals surface area contributed by atoms with Crippen molar-refractivity contribution in [2.45, 2.75) is 0 Å². The van der Waals surface area contributed by atoms with E-state index in [1.54, 1.807) is 0 Å². The lowest BCUT2D eigenvalue weighted by atomic mass is 10.4. The van der Waals surface area contributed by atoms with Crippen LogP contribution in [0.5, 0.6) is 0 Å². The lowest BCUT2D eigenvalue weighted by Crippen LogP contribution is -2.27. The van der Waals surface area contributed by atoms with Gasteiger partial charge in [0.1, 0.15) is 0 Å². The van der Waals surface area contributed by atoms with Gasteiger partial charge in [-0.25, -0.2) is 15.0 Å². The molecule has 0 atom stereocenters. The Morgan fingerprint density at radius 1 is 1.57 bits per heavy atom. The van der Waals surface area contributed by atoms with Gasteiger partial charge >= 0.3 is 11.7 Å². The molecule has 2 amide bonds. The molecule has 0 aliphatic carbocycles. The van der Waals surface area contributed by atoms with Crippen molar-refractivity contribution in [3.63, 3.8) is 0 Å². The summed E-state index contributed by atoms with van der Waals surface area (Å²) < 4.78 is 0. The molecule has 1 rings (SSSR count). The topological polar surface area (TPSA) is 133 Å². The summed E-state index contributed by atoms with van der Waals surface area (Å²) in [6.07, 6.45) is 2.22. The molecular formula is C6H7N5O3. The quantitative estimate of drug-likeness (QED) is 0.324. The summed E-state index contributed by atoms with van der Waals surface area (Å²) in [5.74, 6) is 0. The maximum atomic E-state index is 11.0. The average molecular weight is 197 g/mol. The molecule has 8 nitrogen and oxygen atoms in total. The van der Waals surface area contributed by atoms with E-state index in [0.29, 0.717) is 0 Å². The molecule has 0 saturated carbocycles. The molecule has 14 heavy (non-hydrogen) atoms. The number of hydrogen-bond acceptors (Lipinski definition) is 4. The summed E-state index contributed by atoms with van der Waals surface area (Å²) >= 11 is 0. The van der Waals surface area contributed by atoms with Crippen LogP contribution in [-0.4, -0.2) is 22.2 Å².